The minimum Gasteiger partial charge on any atom is -0.487 e. The van der Waals surface area contributed by atoms with Crippen LogP contribution in [0.15, 0.2) is 24.3 Å². The molecular formula is C19H23N3O5. The summed E-state index contributed by atoms with van der Waals surface area (Å²) in [6, 6.07) is 7.27. The summed E-state index contributed by atoms with van der Waals surface area (Å²) in [5, 5.41) is 7.06. The van der Waals surface area contributed by atoms with E-state index in [4.69, 9.17) is 18.9 Å². The lowest BCUT2D eigenvalue weighted by molar-refractivity contribution is 0.0423. The Morgan fingerprint density at radius 1 is 1.30 bits per heavy atom. The molecule has 2 aromatic rings. The van der Waals surface area contributed by atoms with E-state index >= 15 is 0 Å². The molecule has 0 spiro atoms. The number of likely N-dealkylation sites (tertiary alicyclic amines) is 1. The second-order valence-corrected chi connectivity index (χ2v) is 6.69. The number of nitrogens with one attached hydrogen (secondary N) is 1. The van der Waals surface area contributed by atoms with Crippen LogP contribution >= 0.6 is 0 Å². The van der Waals surface area contributed by atoms with Crippen molar-refractivity contribution < 1.29 is 23.7 Å². The van der Waals surface area contributed by atoms with E-state index in [0.717, 1.165) is 31.5 Å². The molecule has 0 saturated carbocycles. The van der Waals surface area contributed by atoms with Crippen molar-refractivity contribution in [1.82, 2.24) is 15.1 Å². The molecule has 0 bridgehead atoms. The maximum atomic E-state index is 12.8. The van der Waals surface area contributed by atoms with Gasteiger partial charge >= 0.3 is 0 Å². The van der Waals surface area contributed by atoms with Crippen LogP contribution in [0.25, 0.3) is 0 Å². The second kappa shape index (κ2) is 7.87. The van der Waals surface area contributed by atoms with Crippen LogP contribution in [0.3, 0.4) is 0 Å². The Morgan fingerprint density at radius 2 is 2.19 bits per heavy atom. The molecule has 0 radical (unpaired) electrons. The molecule has 4 rings (SSSR count). The van der Waals surface area contributed by atoms with Gasteiger partial charge in [-0.2, -0.15) is 5.10 Å². The summed E-state index contributed by atoms with van der Waals surface area (Å²) in [5.74, 6) is 1.98. The Kier molecular flexibility index (Phi) is 5.15. The number of amides is 1. The van der Waals surface area contributed by atoms with Crippen molar-refractivity contribution in [2.75, 3.05) is 27.1 Å². The quantitative estimate of drug-likeness (QED) is 0.837. The number of ether oxygens (including phenoxy) is 4. The van der Waals surface area contributed by atoms with Gasteiger partial charge in [-0.3, -0.25) is 9.89 Å². The van der Waals surface area contributed by atoms with Gasteiger partial charge in [0.05, 0.1) is 18.3 Å². The Balaban J connectivity index is 1.38. The predicted molar refractivity (Wildman–Crippen MR) is 96.0 cm³/mol. The maximum absolute atomic E-state index is 12.8. The smallest absolute Gasteiger partial charge is 0.274 e. The number of rotatable bonds is 6. The highest BCUT2D eigenvalue weighted by Gasteiger charge is 2.28. The van der Waals surface area contributed by atoms with E-state index in [2.05, 4.69) is 10.2 Å². The predicted octanol–water partition coefficient (Wildman–Crippen LogP) is 2.36. The number of methoxy groups -OCH3 is 1. The van der Waals surface area contributed by atoms with E-state index in [9.17, 15) is 4.79 Å². The molecule has 27 heavy (non-hydrogen) atoms. The zero-order chi connectivity index (χ0) is 18.6. The van der Waals surface area contributed by atoms with E-state index < -0.39 is 0 Å². The van der Waals surface area contributed by atoms with E-state index in [1.54, 1.807) is 19.2 Å². The van der Waals surface area contributed by atoms with Crippen molar-refractivity contribution in [2.45, 2.75) is 31.9 Å². The molecule has 1 aromatic carbocycles. The van der Waals surface area contributed by atoms with Gasteiger partial charge in [-0.05, 0) is 37.5 Å². The third-order valence-corrected chi connectivity index (χ3v) is 4.84. The van der Waals surface area contributed by atoms with Gasteiger partial charge in [0.25, 0.3) is 5.91 Å². The molecule has 1 atom stereocenters. The number of fused-ring (bicyclic) bond motifs is 1. The molecule has 1 saturated heterocycles. The highest BCUT2D eigenvalue weighted by atomic mass is 16.7. The summed E-state index contributed by atoms with van der Waals surface area (Å²) in [4.78, 5) is 14.7. The number of H-pyrrole nitrogens is 1. The SMILES string of the molecule is COCC1CCCCN1C(=O)c1cc(COc2ccc3c(c2)OCO3)[nH]n1. The first-order valence-electron chi connectivity index (χ1n) is 9.11. The second-order valence-electron chi connectivity index (χ2n) is 6.69. The largest absolute Gasteiger partial charge is 0.487 e. The molecule has 1 unspecified atom stereocenters. The molecule has 3 heterocycles. The Hall–Kier alpha value is -2.74. The number of hydrogen-bond donors (Lipinski definition) is 1. The van der Waals surface area contributed by atoms with Gasteiger partial charge in [0.15, 0.2) is 17.2 Å². The Bertz CT molecular complexity index is 804. The van der Waals surface area contributed by atoms with Gasteiger partial charge < -0.3 is 23.8 Å². The van der Waals surface area contributed by atoms with Crippen LogP contribution in [0.2, 0.25) is 0 Å². The maximum Gasteiger partial charge on any atom is 0.274 e. The number of hydrogen-bond acceptors (Lipinski definition) is 6. The standard InChI is InChI=1S/C19H23N3O5/c1-24-11-14-4-2-3-7-22(14)19(23)16-8-13(20-21-16)10-25-15-5-6-17-18(9-15)27-12-26-17/h5-6,8-9,14H,2-4,7,10-12H2,1H3,(H,20,21). The first kappa shape index (κ1) is 17.7. The number of nitrogens with zero attached hydrogens (tertiary/aromatic N) is 2. The third kappa shape index (κ3) is 3.85. The van der Waals surface area contributed by atoms with Crippen LogP contribution < -0.4 is 14.2 Å². The Labute approximate surface area is 157 Å². The van der Waals surface area contributed by atoms with Crippen LogP contribution in [0.4, 0.5) is 0 Å². The van der Waals surface area contributed by atoms with Gasteiger partial charge in [0.1, 0.15) is 12.4 Å². The van der Waals surface area contributed by atoms with Crippen molar-refractivity contribution in [3.63, 3.8) is 0 Å². The number of aromatic nitrogens is 2. The first-order valence-corrected chi connectivity index (χ1v) is 9.11. The molecule has 8 nitrogen and oxygen atoms in total. The average Bonchev–Trinajstić information content (AvgIpc) is 3.35. The lowest BCUT2D eigenvalue weighted by Gasteiger charge is -2.34. The van der Waals surface area contributed by atoms with Crippen molar-refractivity contribution in [3.8, 4) is 17.2 Å². The molecule has 2 aliphatic heterocycles. The minimum atomic E-state index is -0.0673. The molecule has 1 N–H and O–H groups in total. The summed E-state index contributed by atoms with van der Waals surface area (Å²) in [6.45, 7) is 1.80. The van der Waals surface area contributed by atoms with E-state index in [1.165, 1.54) is 0 Å². The van der Waals surface area contributed by atoms with E-state index in [0.29, 0.717) is 29.5 Å². The van der Waals surface area contributed by atoms with Gasteiger partial charge in [-0.15, -0.1) is 0 Å². The van der Waals surface area contributed by atoms with Crippen LogP contribution in [-0.2, 0) is 11.3 Å². The topological polar surface area (TPSA) is 85.9 Å². The molecule has 144 valence electrons. The number of benzene rings is 1. The molecule has 8 heteroatoms. The molecule has 0 aliphatic carbocycles. The molecule has 1 amide bonds. The summed E-state index contributed by atoms with van der Waals surface area (Å²) in [7, 11) is 1.66. The van der Waals surface area contributed by atoms with Gasteiger partial charge in [-0.25, -0.2) is 0 Å². The van der Waals surface area contributed by atoms with Crippen molar-refractivity contribution >= 4 is 5.91 Å². The minimum absolute atomic E-state index is 0.0673. The summed E-state index contributed by atoms with van der Waals surface area (Å²) in [5.41, 5.74) is 1.14. The van der Waals surface area contributed by atoms with Crippen molar-refractivity contribution in [3.05, 3.63) is 35.7 Å². The normalized spacial score (nSPS) is 18.6. The van der Waals surface area contributed by atoms with Gasteiger partial charge in [-0.1, -0.05) is 0 Å². The fourth-order valence-electron chi connectivity index (χ4n) is 3.45. The van der Waals surface area contributed by atoms with Crippen molar-refractivity contribution in [2.24, 2.45) is 0 Å². The van der Waals surface area contributed by atoms with Crippen LogP contribution in [0.1, 0.15) is 35.4 Å². The number of piperidine rings is 1. The fraction of sp³-hybridized carbons (Fsp3) is 0.474. The monoisotopic (exact) mass is 373 g/mol. The molecular weight excluding hydrogens is 350 g/mol. The van der Waals surface area contributed by atoms with Gasteiger partial charge in [0, 0.05) is 19.7 Å². The zero-order valence-electron chi connectivity index (χ0n) is 15.3. The molecule has 1 fully saturated rings. The molecule has 2 aliphatic rings. The Morgan fingerprint density at radius 3 is 3.07 bits per heavy atom. The highest BCUT2D eigenvalue weighted by molar-refractivity contribution is 5.92. The van der Waals surface area contributed by atoms with Gasteiger partial charge in [0.2, 0.25) is 6.79 Å². The lowest BCUT2D eigenvalue weighted by atomic mass is 10.0. The van der Waals surface area contributed by atoms with E-state index in [1.807, 2.05) is 17.0 Å². The van der Waals surface area contributed by atoms with Crippen LogP contribution in [0.5, 0.6) is 17.2 Å². The number of aromatic amines is 1. The molecule has 1 aromatic heterocycles. The highest BCUT2D eigenvalue weighted by Crippen LogP contribution is 2.35. The summed E-state index contributed by atoms with van der Waals surface area (Å²) in [6.07, 6.45) is 3.09. The number of carbonyl (C=O) groups is 1. The van der Waals surface area contributed by atoms with Crippen LogP contribution in [0, 0.1) is 0 Å². The van der Waals surface area contributed by atoms with Crippen molar-refractivity contribution in [1.29, 1.82) is 0 Å². The number of carbonyl (C=O) groups excluding carboxylic acids is 1. The summed E-state index contributed by atoms with van der Waals surface area (Å²) >= 11 is 0. The average molecular weight is 373 g/mol. The lowest BCUT2D eigenvalue weighted by Crippen LogP contribution is -2.46. The van der Waals surface area contributed by atoms with E-state index in [-0.39, 0.29) is 25.3 Å². The first-order chi connectivity index (χ1) is 13.2. The fourth-order valence-corrected chi connectivity index (χ4v) is 3.45. The zero-order valence-corrected chi connectivity index (χ0v) is 15.3. The van der Waals surface area contributed by atoms with Crippen LogP contribution in [-0.4, -0.2) is 54.1 Å². The third-order valence-electron chi connectivity index (χ3n) is 4.84. The summed E-state index contributed by atoms with van der Waals surface area (Å²) < 4.78 is 21.7.